The normalized spacial score (nSPS) is 10.9. The Kier molecular flexibility index (Phi) is 9.21. The first-order valence-corrected chi connectivity index (χ1v) is 10.8. The molecular weight excluding hydrogens is 548 g/mol. The second-order valence-electron chi connectivity index (χ2n) is 6.42. The van der Waals surface area contributed by atoms with Crippen LogP contribution in [0.1, 0.15) is 18.3 Å². The number of benzene rings is 2. The van der Waals surface area contributed by atoms with Crippen LogP contribution < -0.4 is 15.2 Å². The summed E-state index contributed by atoms with van der Waals surface area (Å²) in [6.45, 7) is 3.54. The fourth-order valence-electron chi connectivity index (χ4n) is 2.46. The molecule has 1 heterocycles. The lowest BCUT2D eigenvalue weighted by Gasteiger charge is -2.05. The van der Waals surface area contributed by atoms with E-state index in [1.165, 1.54) is 11.6 Å². The number of hydrogen-bond acceptors (Lipinski definition) is 6. The number of carboxylic acid groups (broad SMARTS) is 1. The van der Waals surface area contributed by atoms with Crippen LogP contribution in [0, 0.1) is 6.92 Å². The van der Waals surface area contributed by atoms with Crippen LogP contribution in [0.2, 0.25) is 0 Å². The van der Waals surface area contributed by atoms with Crippen molar-refractivity contribution in [2.75, 3.05) is 14.2 Å². The molecular formula is C21H22Br2N4O5. The number of aryl methyl sites for hydroxylation is 1. The lowest BCUT2D eigenvalue weighted by Crippen LogP contribution is -2.15. The number of nitrogens with zero attached hydrogens (tertiary/aromatic N) is 3. The number of carbonyl (C=O) groups is 1. The van der Waals surface area contributed by atoms with Crippen LogP contribution in [-0.2, 0) is 11.3 Å². The number of aliphatic carboxylic acids is 1. The van der Waals surface area contributed by atoms with Gasteiger partial charge < -0.3 is 14.6 Å². The summed E-state index contributed by atoms with van der Waals surface area (Å²) in [6.07, 6.45) is 0. The number of aromatic nitrogens is 3. The van der Waals surface area contributed by atoms with Crippen molar-refractivity contribution >= 4 is 43.5 Å². The van der Waals surface area contributed by atoms with Crippen molar-refractivity contribution < 1.29 is 19.4 Å². The number of aromatic amines is 1. The van der Waals surface area contributed by atoms with E-state index < -0.39 is 5.97 Å². The smallest absolute Gasteiger partial charge is 0.349 e. The molecule has 2 aromatic carbocycles. The number of nitrogens with one attached hydrogen (secondary N) is 1. The van der Waals surface area contributed by atoms with E-state index in [4.69, 9.17) is 14.6 Å². The summed E-state index contributed by atoms with van der Waals surface area (Å²) in [5.74, 6) is 0.946. The Balaban J connectivity index is 0.000000227. The number of rotatable bonds is 6. The summed E-state index contributed by atoms with van der Waals surface area (Å²) in [5, 5.41) is 12.7. The molecule has 9 nitrogen and oxygen atoms in total. The monoisotopic (exact) mass is 568 g/mol. The average molecular weight is 570 g/mol. The van der Waals surface area contributed by atoms with Crippen molar-refractivity contribution in [3.8, 4) is 17.2 Å². The van der Waals surface area contributed by atoms with Crippen LogP contribution in [0.5, 0.6) is 11.5 Å². The van der Waals surface area contributed by atoms with Gasteiger partial charge in [-0.2, -0.15) is 9.78 Å². The largest absolute Gasteiger partial charge is 0.496 e. The number of hydrogen-bond donors (Lipinski definition) is 2. The highest BCUT2D eigenvalue weighted by Gasteiger charge is 2.07. The van der Waals surface area contributed by atoms with Gasteiger partial charge >= 0.3 is 11.7 Å². The number of halogens is 2. The van der Waals surface area contributed by atoms with Gasteiger partial charge in [-0.25, -0.2) is 9.59 Å². The summed E-state index contributed by atoms with van der Waals surface area (Å²) in [4.78, 5) is 28.6. The molecule has 0 aliphatic rings. The Morgan fingerprint density at radius 1 is 1.12 bits per heavy atom. The first-order chi connectivity index (χ1) is 15.2. The molecule has 0 aliphatic carbocycles. The summed E-state index contributed by atoms with van der Waals surface area (Å²) in [5.41, 5.74) is 1.40. The molecule has 3 aromatic rings. The quantitative estimate of drug-likeness (QED) is 0.431. The molecule has 0 fully saturated rings. The fourth-order valence-corrected chi connectivity index (χ4v) is 3.28. The highest BCUT2D eigenvalue weighted by molar-refractivity contribution is 9.10. The summed E-state index contributed by atoms with van der Waals surface area (Å²) in [7, 11) is 3.15. The van der Waals surface area contributed by atoms with Crippen molar-refractivity contribution in [1.29, 1.82) is 0 Å². The number of H-pyrrole nitrogens is 1. The number of aliphatic imine (C=N–C) groups is 1. The van der Waals surface area contributed by atoms with E-state index in [9.17, 15) is 9.59 Å². The highest BCUT2D eigenvalue weighted by Crippen LogP contribution is 2.27. The Morgan fingerprint density at radius 2 is 1.72 bits per heavy atom. The van der Waals surface area contributed by atoms with Gasteiger partial charge in [0, 0.05) is 6.07 Å². The minimum atomic E-state index is -0.996. The Bertz CT molecular complexity index is 1190. The molecule has 0 atom stereocenters. The zero-order chi connectivity index (χ0) is 23.8. The van der Waals surface area contributed by atoms with Crippen molar-refractivity contribution in [1.82, 2.24) is 14.8 Å². The van der Waals surface area contributed by atoms with Gasteiger partial charge in [0.2, 0.25) is 0 Å². The first-order valence-electron chi connectivity index (χ1n) is 9.22. The molecule has 0 aliphatic heterocycles. The Hall–Kier alpha value is -2.92. The van der Waals surface area contributed by atoms with Crippen LogP contribution >= 0.6 is 31.9 Å². The molecule has 0 spiro atoms. The SMILES string of the molecule is COc1cc(-n2nc(C)[nH]c2=O)ccc1Br.COc1cc(CN=C(C)C(=O)O)ccc1Br. The topological polar surface area (TPSA) is 119 Å². The van der Waals surface area contributed by atoms with E-state index in [0.29, 0.717) is 29.6 Å². The summed E-state index contributed by atoms with van der Waals surface area (Å²) < 4.78 is 13.3. The lowest BCUT2D eigenvalue weighted by atomic mass is 10.2. The summed E-state index contributed by atoms with van der Waals surface area (Å²) >= 11 is 6.69. The molecule has 0 amide bonds. The Labute approximate surface area is 201 Å². The molecule has 0 bridgehead atoms. The molecule has 2 N–H and O–H groups in total. The maximum atomic E-state index is 11.5. The van der Waals surface area contributed by atoms with Crippen LogP contribution in [0.4, 0.5) is 0 Å². The molecule has 0 saturated carbocycles. The molecule has 32 heavy (non-hydrogen) atoms. The van der Waals surface area contributed by atoms with E-state index in [0.717, 1.165) is 14.5 Å². The molecule has 0 saturated heterocycles. The molecule has 0 unspecified atom stereocenters. The van der Waals surface area contributed by atoms with Crippen molar-refractivity contribution in [3.63, 3.8) is 0 Å². The van der Waals surface area contributed by atoms with Crippen LogP contribution in [0.25, 0.3) is 5.69 Å². The molecule has 11 heteroatoms. The fraction of sp³-hybridized carbons (Fsp3) is 0.238. The van der Waals surface area contributed by atoms with Crippen LogP contribution in [-0.4, -0.2) is 45.8 Å². The second kappa shape index (κ2) is 11.6. The lowest BCUT2D eigenvalue weighted by molar-refractivity contribution is -0.129. The second-order valence-corrected chi connectivity index (χ2v) is 8.13. The van der Waals surface area contributed by atoms with Crippen molar-refractivity contribution in [2.24, 2.45) is 4.99 Å². The van der Waals surface area contributed by atoms with E-state index in [-0.39, 0.29) is 11.4 Å². The molecule has 0 radical (unpaired) electrons. The molecule has 1 aromatic heterocycles. The maximum absolute atomic E-state index is 11.5. The number of methoxy groups -OCH3 is 2. The third-order valence-electron chi connectivity index (χ3n) is 4.13. The zero-order valence-corrected chi connectivity index (χ0v) is 21.0. The van der Waals surface area contributed by atoms with Gasteiger partial charge in [-0.05, 0) is 75.5 Å². The predicted octanol–water partition coefficient (Wildman–Crippen LogP) is 4.14. The number of carboxylic acids is 1. The minimum Gasteiger partial charge on any atom is -0.496 e. The minimum absolute atomic E-state index is 0.0990. The van der Waals surface area contributed by atoms with Gasteiger partial charge in [0.05, 0.1) is 35.4 Å². The van der Waals surface area contributed by atoms with Crippen molar-refractivity contribution in [3.05, 3.63) is 67.2 Å². The number of ether oxygens (including phenoxy) is 2. The van der Waals surface area contributed by atoms with Gasteiger partial charge in [0.15, 0.2) is 0 Å². The van der Waals surface area contributed by atoms with Gasteiger partial charge in [0.25, 0.3) is 0 Å². The third-order valence-corrected chi connectivity index (χ3v) is 5.44. The van der Waals surface area contributed by atoms with Crippen molar-refractivity contribution in [2.45, 2.75) is 20.4 Å². The van der Waals surface area contributed by atoms with Gasteiger partial charge in [-0.1, -0.05) is 6.07 Å². The summed E-state index contributed by atoms with van der Waals surface area (Å²) in [6, 6.07) is 10.9. The van der Waals surface area contributed by atoms with E-state index >= 15 is 0 Å². The zero-order valence-electron chi connectivity index (χ0n) is 17.8. The Morgan fingerprint density at radius 3 is 2.25 bits per heavy atom. The maximum Gasteiger partial charge on any atom is 0.349 e. The van der Waals surface area contributed by atoms with Gasteiger partial charge in [-0.3, -0.25) is 9.98 Å². The van der Waals surface area contributed by atoms with Crippen LogP contribution in [0.3, 0.4) is 0 Å². The molecule has 3 rings (SSSR count). The standard InChI is InChI=1S/C11H12BrNO3.C10H10BrN3O2/c1-7(11(14)15)13-6-8-3-4-9(12)10(5-8)16-2;1-6-12-10(15)14(13-6)7-3-4-8(11)9(5-7)16-2/h3-5H,6H2,1-2H3,(H,14,15);3-5H,1-2H3,(H,12,13,15). The van der Waals surface area contributed by atoms with Gasteiger partial charge in [-0.15, -0.1) is 0 Å². The van der Waals surface area contributed by atoms with Crippen LogP contribution in [0.15, 0.2) is 55.1 Å². The first kappa shape index (κ1) is 25.3. The predicted molar refractivity (Wildman–Crippen MR) is 128 cm³/mol. The third kappa shape index (κ3) is 6.79. The van der Waals surface area contributed by atoms with Gasteiger partial charge in [0.1, 0.15) is 23.0 Å². The highest BCUT2D eigenvalue weighted by atomic mass is 79.9. The molecule has 170 valence electrons. The van der Waals surface area contributed by atoms with E-state index in [1.54, 1.807) is 33.3 Å². The van der Waals surface area contributed by atoms with E-state index in [1.807, 2.05) is 24.3 Å². The average Bonchev–Trinajstić information content (AvgIpc) is 3.11. The van der Waals surface area contributed by atoms with E-state index in [2.05, 4.69) is 46.9 Å².